The van der Waals surface area contributed by atoms with Crippen LogP contribution in [-0.2, 0) is 18.7 Å². The minimum absolute atomic E-state index is 0.0190. The summed E-state index contributed by atoms with van der Waals surface area (Å²) < 4.78 is 18.2. The number of aromatic nitrogens is 2. The second kappa shape index (κ2) is 15.4. The molecule has 2 atom stereocenters. The van der Waals surface area contributed by atoms with E-state index in [4.69, 9.17) is 9.63 Å². The smallest absolute Gasteiger partial charge is 0.448 e. The summed E-state index contributed by atoms with van der Waals surface area (Å²) >= 11 is 0. The number of hydrogen-bond donors (Lipinski definition) is 4. The summed E-state index contributed by atoms with van der Waals surface area (Å²) in [6.07, 6.45) is -0.861. The van der Waals surface area contributed by atoms with Gasteiger partial charge in [0.2, 0.25) is 5.91 Å². The Bertz CT molecular complexity index is 1470. The first-order valence-electron chi connectivity index (χ1n) is 14.1. The molecule has 2 aromatic carbocycles. The van der Waals surface area contributed by atoms with Gasteiger partial charge >= 0.3 is 13.8 Å². The fraction of sp³-hybridized carbons (Fsp3) is 0.345. The van der Waals surface area contributed by atoms with Crippen molar-refractivity contribution in [1.82, 2.24) is 25.2 Å². The average Bonchev–Trinajstić information content (AvgIpc) is 3.01. The zero-order chi connectivity index (χ0) is 31.5. The number of unbranched alkanes of at least 4 members (excludes halogenated alkanes) is 1. The van der Waals surface area contributed by atoms with E-state index < -0.39 is 37.8 Å². The van der Waals surface area contributed by atoms with Crippen LogP contribution in [0.3, 0.4) is 0 Å². The van der Waals surface area contributed by atoms with Crippen molar-refractivity contribution in [1.29, 1.82) is 0 Å². The Morgan fingerprint density at radius 1 is 1.00 bits per heavy atom. The van der Waals surface area contributed by atoms with Gasteiger partial charge < -0.3 is 34.9 Å². The number of piperazine rings is 1. The molecule has 0 radical (unpaired) electrons. The third kappa shape index (κ3) is 9.58. The molecule has 2 amide bonds. The zero-order valence-electron chi connectivity index (χ0n) is 24.2. The van der Waals surface area contributed by atoms with Gasteiger partial charge in [-0.2, -0.15) is 0 Å². The van der Waals surface area contributed by atoms with E-state index in [0.717, 1.165) is 12.1 Å². The Morgan fingerprint density at radius 2 is 1.66 bits per heavy atom. The Labute approximate surface area is 254 Å². The average molecular weight is 627 g/mol. The van der Waals surface area contributed by atoms with Crippen LogP contribution in [0.5, 0.6) is 0 Å². The predicted octanol–water partition coefficient (Wildman–Crippen LogP) is 3.74. The van der Waals surface area contributed by atoms with Crippen molar-refractivity contribution in [3.05, 3.63) is 72.4 Å². The molecule has 0 bridgehead atoms. The Morgan fingerprint density at radius 3 is 2.30 bits per heavy atom. The maximum absolute atomic E-state index is 13.6. The van der Waals surface area contributed by atoms with Gasteiger partial charge in [-0.15, -0.1) is 5.06 Å². The number of rotatable bonds is 13. The lowest BCUT2D eigenvalue weighted by molar-refractivity contribution is -0.154. The molecule has 3 aromatic rings. The Balaban J connectivity index is 1.60. The van der Waals surface area contributed by atoms with Gasteiger partial charge in [0.15, 0.2) is 5.82 Å². The molecule has 44 heavy (non-hydrogen) atoms. The number of para-hydroxylation sites is 1. The number of hydroxylamine groups is 2. The molecule has 2 heterocycles. The first kappa shape index (κ1) is 32.6. The minimum Gasteiger partial charge on any atom is -0.448 e. The number of amides is 2. The highest BCUT2D eigenvalue weighted by Gasteiger charge is 2.36. The molecule has 4 N–H and O–H groups in total. The number of carboxylic acid groups (broad SMARTS) is 1. The largest absolute Gasteiger partial charge is 0.525 e. The van der Waals surface area contributed by atoms with Crippen LogP contribution in [0.15, 0.2) is 66.7 Å². The fourth-order valence-corrected chi connectivity index (χ4v) is 5.63. The first-order chi connectivity index (χ1) is 21.1. The highest BCUT2D eigenvalue weighted by Crippen LogP contribution is 2.43. The summed E-state index contributed by atoms with van der Waals surface area (Å²) in [5, 5.41) is 15.8. The lowest BCUT2D eigenvalue weighted by atomic mass is 10.2. The van der Waals surface area contributed by atoms with Crippen LogP contribution < -0.4 is 10.6 Å². The van der Waals surface area contributed by atoms with E-state index in [2.05, 4.69) is 25.4 Å². The van der Waals surface area contributed by atoms with Crippen molar-refractivity contribution < 1.29 is 38.3 Å². The van der Waals surface area contributed by atoms with Gasteiger partial charge in [0.25, 0.3) is 5.91 Å². The highest BCUT2D eigenvalue weighted by molar-refractivity contribution is 7.52. The molecule has 4 rings (SSSR count). The summed E-state index contributed by atoms with van der Waals surface area (Å²) in [5.74, 6) is -0.810. The molecule has 0 aliphatic carbocycles. The molecule has 0 spiro atoms. The summed E-state index contributed by atoms with van der Waals surface area (Å²) in [5.41, 5.74) is 1.30. The van der Waals surface area contributed by atoms with Gasteiger partial charge in [-0.1, -0.05) is 61.9 Å². The molecule has 1 unspecified atom stereocenters. The third-order valence-corrected chi connectivity index (χ3v) is 8.01. The van der Waals surface area contributed by atoms with Gasteiger partial charge in [-0.25, -0.2) is 14.8 Å². The molecule has 234 valence electrons. The molecular weight excluding hydrogens is 591 g/mol. The third-order valence-electron chi connectivity index (χ3n) is 6.60. The molecule has 14 nitrogen and oxygen atoms in total. The highest BCUT2D eigenvalue weighted by atomic mass is 31.2. The maximum atomic E-state index is 13.6. The number of nitrogens with one attached hydrogen (secondary N) is 2. The number of nitrogens with zero attached hydrogens (tertiary/aromatic N) is 4. The minimum atomic E-state index is -4.29. The Hall–Kier alpha value is -4.36. The van der Waals surface area contributed by atoms with Crippen molar-refractivity contribution >= 4 is 37.1 Å². The maximum Gasteiger partial charge on any atom is 0.525 e. The van der Waals surface area contributed by atoms with E-state index in [1.807, 2.05) is 55.5 Å². The number of carbonyl (C=O) groups is 3. The summed E-state index contributed by atoms with van der Waals surface area (Å²) in [6.45, 7) is 2.24. The quantitative estimate of drug-likeness (QED) is 0.159. The van der Waals surface area contributed by atoms with E-state index >= 15 is 0 Å². The van der Waals surface area contributed by atoms with E-state index in [-0.39, 0.29) is 44.3 Å². The van der Waals surface area contributed by atoms with Crippen molar-refractivity contribution in [3.8, 4) is 11.4 Å². The van der Waals surface area contributed by atoms with Crippen molar-refractivity contribution in [2.45, 2.75) is 25.8 Å². The number of hydrogen-bond acceptors (Lipinski definition) is 10. The predicted molar refractivity (Wildman–Crippen MR) is 161 cm³/mol. The second-order valence-electron chi connectivity index (χ2n) is 9.96. The molecule has 1 aromatic heterocycles. The van der Waals surface area contributed by atoms with Crippen LogP contribution in [-0.4, -0.2) is 92.9 Å². The lowest BCUT2D eigenvalue weighted by Gasteiger charge is -2.35. The second-order valence-corrected chi connectivity index (χ2v) is 11.9. The van der Waals surface area contributed by atoms with Crippen LogP contribution >= 0.6 is 7.60 Å². The number of anilines is 2. The van der Waals surface area contributed by atoms with Gasteiger partial charge in [0.05, 0.1) is 25.9 Å². The van der Waals surface area contributed by atoms with Gasteiger partial charge in [-0.05, 0) is 18.6 Å². The number of carbonyl (C=O) groups excluding carboxylic acids is 2. The molecule has 1 aliphatic heterocycles. The summed E-state index contributed by atoms with van der Waals surface area (Å²) in [7, 11) is -4.29. The van der Waals surface area contributed by atoms with E-state index in [9.17, 15) is 23.8 Å². The van der Waals surface area contributed by atoms with E-state index in [1.165, 1.54) is 16.0 Å². The standard InChI is InChI=1S/C29H35N6O8P/c1-2-3-18-42-44(40,41)20-24(28(37)34-14-16-35(17-15-34)43-29(38)39)32-27(36)23-19-25(30-22-12-8-5-9-13-22)33-26(31-23)21-10-6-4-7-11-21/h4-13,19,24H,2-3,14-18,20H2,1H3,(H,32,36)(H,38,39)(H,40,41)(H,30,31,33)/t24-/m0/s1. The normalized spacial score (nSPS) is 15.5. The molecule has 0 saturated carbocycles. The Kier molecular flexibility index (Phi) is 11.4. The van der Waals surface area contributed by atoms with Crippen LogP contribution in [0.1, 0.15) is 30.3 Å². The van der Waals surface area contributed by atoms with Crippen molar-refractivity contribution in [2.24, 2.45) is 0 Å². The van der Waals surface area contributed by atoms with Gasteiger partial charge in [-0.3, -0.25) is 14.2 Å². The zero-order valence-corrected chi connectivity index (χ0v) is 25.1. The van der Waals surface area contributed by atoms with Crippen LogP contribution in [0.25, 0.3) is 11.4 Å². The first-order valence-corrected chi connectivity index (χ1v) is 15.9. The summed E-state index contributed by atoms with van der Waals surface area (Å²) in [4.78, 5) is 63.7. The molecule has 1 saturated heterocycles. The van der Waals surface area contributed by atoms with E-state index in [0.29, 0.717) is 17.8 Å². The SMILES string of the molecule is CCCCOP(=O)(O)C[C@H](NC(=O)c1cc(Nc2ccccc2)nc(-c2ccccc2)n1)C(=O)N1CCN(OC(=O)O)CC1. The van der Waals surface area contributed by atoms with Gasteiger partial charge in [0, 0.05) is 30.4 Å². The van der Waals surface area contributed by atoms with Crippen molar-refractivity contribution in [3.63, 3.8) is 0 Å². The number of benzene rings is 2. The van der Waals surface area contributed by atoms with Crippen LogP contribution in [0, 0.1) is 0 Å². The van der Waals surface area contributed by atoms with Crippen LogP contribution in [0.2, 0.25) is 0 Å². The monoisotopic (exact) mass is 626 g/mol. The molecule has 1 fully saturated rings. The van der Waals surface area contributed by atoms with Crippen molar-refractivity contribution in [2.75, 3.05) is 44.3 Å². The van der Waals surface area contributed by atoms with Crippen LogP contribution in [0.4, 0.5) is 16.3 Å². The molecule has 15 heteroatoms. The fourth-order valence-electron chi connectivity index (χ4n) is 4.40. The summed E-state index contributed by atoms with van der Waals surface area (Å²) in [6, 6.07) is 18.2. The molecular formula is C29H35N6O8P. The lowest BCUT2D eigenvalue weighted by Crippen LogP contribution is -2.56. The van der Waals surface area contributed by atoms with E-state index in [1.54, 1.807) is 12.1 Å². The molecule has 1 aliphatic rings. The van der Waals surface area contributed by atoms with Gasteiger partial charge in [0.1, 0.15) is 17.6 Å². The topological polar surface area (TPSA) is 184 Å².